The molecule has 0 saturated carbocycles. The molecule has 0 spiro atoms. The van der Waals surface area contributed by atoms with E-state index in [2.05, 4.69) is 369 Å². The highest BCUT2D eigenvalue weighted by Crippen LogP contribution is 2.55. The zero-order valence-electron chi connectivity index (χ0n) is 50.0. The Balaban J connectivity index is 0.961. The standard InChI is InChI=1S/C82H56B2N6OS/c1-10-30-57(31-11-1)85(58-32-12-2-13-33-58)66-50-51-70-75(55-66)91-76-56-68(87(61-38-18-5-19-39-61)62-40-20-6-21-41-62)54-74-78(76)84(70)82-80(90(74)65-46-26-9-27-47-65)79-81(92-82)83-69-48-28-29-49-71(69)88(63-42-22-7-23-43-63)72-52-67(53-73(77(72)83)89(79)64-44-24-8-25-45-64)86(59-34-14-3-15-35-59)60-36-16-4-17-37-60/h1-56H. The van der Waals surface area contributed by atoms with Crippen LogP contribution in [0.4, 0.5) is 102 Å². The largest absolute Gasteiger partial charge is 0.458 e. The van der Waals surface area contributed by atoms with Crippen LogP contribution in [0.15, 0.2) is 340 Å². The molecule has 432 valence electrons. The van der Waals surface area contributed by atoms with E-state index in [4.69, 9.17) is 4.74 Å². The van der Waals surface area contributed by atoms with Crippen molar-refractivity contribution in [1.29, 1.82) is 0 Å². The van der Waals surface area contributed by atoms with Gasteiger partial charge in [0.15, 0.2) is 0 Å². The van der Waals surface area contributed by atoms with Gasteiger partial charge < -0.3 is 34.1 Å². The lowest BCUT2D eigenvalue weighted by Crippen LogP contribution is -2.60. The second-order valence-electron chi connectivity index (χ2n) is 23.6. The molecule has 0 radical (unpaired) electrons. The van der Waals surface area contributed by atoms with E-state index in [0.29, 0.717) is 0 Å². The minimum Gasteiger partial charge on any atom is -0.458 e. The van der Waals surface area contributed by atoms with Crippen molar-refractivity contribution in [3.63, 3.8) is 0 Å². The molecule has 4 aliphatic rings. The Morgan fingerprint density at radius 2 is 0.576 bits per heavy atom. The first kappa shape index (κ1) is 53.3. The first-order chi connectivity index (χ1) is 45.7. The predicted molar refractivity (Wildman–Crippen MR) is 388 cm³/mol. The van der Waals surface area contributed by atoms with Crippen LogP contribution in [-0.2, 0) is 0 Å². The number of thiophene rings is 1. The molecule has 7 nitrogen and oxygen atoms in total. The molecule has 92 heavy (non-hydrogen) atoms. The van der Waals surface area contributed by atoms with Crippen molar-refractivity contribution in [3.05, 3.63) is 340 Å². The van der Waals surface area contributed by atoms with Crippen molar-refractivity contribution < 1.29 is 4.74 Å². The van der Waals surface area contributed by atoms with E-state index in [-0.39, 0.29) is 13.4 Å². The minimum atomic E-state index is -0.247. The van der Waals surface area contributed by atoms with Gasteiger partial charge in [0.05, 0.1) is 22.7 Å². The molecule has 0 atom stereocenters. The number of benzene rings is 13. The van der Waals surface area contributed by atoms with Gasteiger partial charge >= 0.3 is 0 Å². The van der Waals surface area contributed by atoms with Crippen molar-refractivity contribution >= 4 is 159 Å². The molecule has 10 heteroatoms. The molecule has 0 amide bonds. The van der Waals surface area contributed by atoms with Crippen LogP contribution in [0.3, 0.4) is 0 Å². The predicted octanol–water partition coefficient (Wildman–Crippen LogP) is 18.6. The maximum Gasteiger partial charge on any atom is 0.268 e. The lowest BCUT2D eigenvalue weighted by molar-refractivity contribution is 0.488. The smallest absolute Gasteiger partial charge is 0.268 e. The first-order valence-electron chi connectivity index (χ1n) is 31.4. The molecule has 0 saturated heterocycles. The van der Waals surface area contributed by atoms with Crippen molar-refractivity contribution in [2.45, 2.75) is 0 Å². The fourth-order valence-electron chi connectivity index (χ4n) is 14.6. The molecular formula is C82H56B2N6OS. The summed E-state index contributed by atoms with van der Waals surface area (Å²) in [6.07, 6.45) is 0. The maximum absolute atomic E-state index is 7.67. The third-order valence-electron chi connectivity index (χ3n) is 18.3. The van der Waals surface area contributed by atoms with Gasteiger partial charge in [0.25, 0.3) is 13.4 Å². The number of hydrogen-bond acceptors (Lipinski definition) is 8. The van der Waals surface area contributed by atoms with Gasteiger partial charge in [-0.25, -0.2) is 0 Å². The Bertz CT molecular complexity index is 4940. The van der Waals surface area contributed by atoms with E-state index < -0.39 is 0 Å². The molecule has 1 aromatic heterocycles. The second-order valence-corrected chi connectivity index (χ2v) is 24.7. The van der Waals surface area contributed by atoms with Crippen LogP contribution < -0.4 is 65.5 Å². The number of anilines is 18. The van der Waals surface area contributed by atoms with Crippen molar-refractivity contribution in [2.24, 2.45) is 0 Å². The van der Waals surface area contributed by atoms with Crippen LogP contribution in [0.2, 0.25) is 0 Å². The average molecular weight is 1200 g/mol. The molecule has 14 aromatic rings. The van der Waals surface area contributed by atoms with Crippen LogP contribution >= 0.6 is 11.3 Å². The van der Waals surface area contributed by atoms with Crippen molar-refractivity contribution in [2.75, 3.05) is 29.4 Å². The Morgan fingerprint density at radius 3 is 1.01 bits per heavy atom. The van der Waals surface area contributed by atoms with Crippen LogP contribution in [0.25, 0.3) is 0 Å². The Labute approximate surface area is 540 Å². The second kappa shape index (κ2) is 22.1. The van der Waals surface area contributed by atoms with Gasteiger partial charge in [-0.05, 0) is 161 Å². The van der Waals surface area contributed by atoms with Gasteiger partial charge in [-0.1, -0.05) is 188 Å². The topological polar surface area (TPSA) is 28.7 Å². The summed E-state index contributed by atoms with van der Waals surface area (Å²) in [4.78, 5) is 14.8. The third kappa shape index (κ3) is 8.67. The molecule has 0 aliphatic carbocycles. The van der Waals surface area contributed by atoms with Gasteiger partial charge in [-0.15, -0.1) is 0 Å². The van der Waals surface area contributed by atoms with Crippen molar-refractivity contribution in [1.82, 2.24) is 0 Å². The van der Waals surface area contributed by atoms with E-state index >= 15 is 0 Å². The summed E-state index contributed by atoms with van der Waals surface area (Å²) in [7, 11) is 0. The third-order valence-corrected chi connectivity index (χ3v) is 19.6. The molecule has 5 heterocycles. The Kier molecular flexibility index (Phi) is 12.8. The van der Waals surface area contributed by atoms with Crippen molar-refractivity contribution in [3.8, 4) is 11.5 Å². The zero-order chi connectivity index (χ0) is 60.6. The maximum atomic E-state index is 7.67. The average Bonchev–Trinajstić information content (AvgIpc) is 1.37. The molecule has 0 unspecified atom stereocenters. The first-order valence-corrected chi connectivity index (χ1v) is 32.2. The molecule has 4 aliphatic heterocycles. The summed E-state index contributed by atoms with van der Waals surface area (Å²) < 4.78 is 10.2. The number of ether oxygens (including phenoxy) is 1. The molecule has 0 bridgehead atoms. The van der Waals surface area contributed by atoms with Crippen LogP contribution in [-0.4, -0.2) is 13.4 Å². The lowest BCUT2D eigenvalue weighted by Gasteiger charge is -2.45. The zero-order valence-corrected chi connectivity index (χ0v) is 50.8. The van der Waals surface area contributed by atoms with E-state index in [1.165, 1.54) is 20.5 Å². The van der Waals surface area contributed by atoms with Gasteiger partial charge in [0.2, 0.25) is 0 Å². The monoisotopic (exact) mass is 1190 g/mol. The normalized spacial score (nSPS) is 12.8. The van der Waals surface area contributed by atoms with Gasteiger partial charge in [-0.2, -0.15) is 11.3 Å². The fraction of sp³-hybridized carbons (Fsp3) is 0. The van der Waals surface area contributed by atoms with Gasteiger partial charge in [0, 0.05) is 101 Å². The van der Waals surface area contributed by atoms with E-state index in [1.54, 1.807) is 0 Å². The van der Waals surface area contributed by atoms with Crippen LogP contribution in [0.1, 0.15) is 0 Å². The number of nitrogens with zero attached hydrogens (tertiary/aromatic N) is 6. The quantitative estimate of drug-likeness (QED) is 0.113. The highest BCUT2D eigenvalue weighted by molar-refractivity contribution is 7.38. The van der Waals surface area contributed by atoms with E-state index in [1.807, 2.05) is 11.3 Å². The summed E-state index contributed by atoms with van der Waals surface area (Å²) in [6, 6.07) is 123. The number of rotatable bonds is 12. The fourth-order valence-corrected chi connectivity index (χ4v) is 16.1. The number of hydrogen-bond donors (Lipinski definition) is 0. The summed E-state index contributed by atoms with van der Waals surface area (Å²) in [5.41, 5.74) is 24.0. The highest BCUT2D eigenvalue weighted by atomic mass is 32.1. The summed E-state index contributed by atoms with van der Waals surface area (Å²) >= 11 is 1.96. The van der Waals surface area contributed by atoms with E-state index in [9.17, 15) is 0 Å². The van der Waals surface area contributed by atoms with Gasteiger partial charge in [0.1, 0.15) is 11.5 Å². The van der Waals surface area contributed by atoms with Gasteiger partial charge in [-0.3, -0.25) is 0 Å². The summed E-state index contributed by atoms with van der Waals surface area (Å²) in [5.74, 6) is 1.63. The van der Waals surface area contributed by atoms with E-state index in [0.717, 1.165) is 125 Å². The highest BCUT2D eigenvalue weighted by Gasteiger charge is 2.52. The summed E-state index contributed by atoms with van der Waals surface area (Å²) in [5, 5.41) is 0. The number of para-hydroxylation sites is 10. The Hall–Kier alpha value is -11.7. The van der Waals surface area contributed by atoms with Crippen LogP contribution in [0, 0.1) is 0 Å². The molecule has 18 rings (SSSR count). The lowest BCUT2D eigenvalue weighted by atomic mass is 9.35. The molecule has 0 N–H and O–H groups in total. The molecule has 13 aromatic carbocycles. The number of fused-ring (bicyclic) bond motifs is 9. The van der Waals surface area contributed by atoms with Crippen LogP contribution in [0.5, 0.6) is 11.5 Å². The summed E-state index contributed by atoms with van der Waals surface area (Å²) in [6.45, 7) is -0.421. The molecule has 0 fully saturated rings. The molecular weight excluding hydrogens is 1140 g/mol. The SMILES string of the molecule is c1ccc(N(c2ccccc2)c2ccc3c(c2)Oc2cc(N(c4ccccc4)c4ccccc4)cc4c2B3c2sc3c(c2N4c2ccccc2)N(c2ccccc2)c2cc(N(c4ccccc4)c4ccccc4)cc4c2B3c2ccccc2N4c2ccccc2)cc1. The minimum absolute atomic E-state index is 0.174. The Morgan fingerprint density at radius 1 is 0.250 bits per heavy atom.